The van der Waals surface area contributed by atoms with Gasteiger partial charge in [0, 0.05) is 0 Å². The van der Waals surface area contributed by atoms with Crippen LogP contribution in [0.4, 0.5) is 0 Å². The molecule has 0 aliphatic carbocycles. The van der Waals surface area contributed by atoms with Crippen LogP contribution in [0.1, 0.15) is 45.2 Å². The molecule has 3 heteroatoms. The van der Waals surface area contributed by atoms with Crippen molar-refractivity contribution in [2.24, 2.45) is 5.41 Å². The number of thiazole rings is 1. The van der Waals surface area contributed by atoms with E-state index in [4.69, 9.17) is 0 Å². The molecule has 1 atom stereocenters. The van der Waals surface area contributed by atoms with Gasteiger partial charge in [0.25, 0.3) is 0 Å². The number of rotatable bonds is 4. The highest BCUT2D eigenvalue weighted by Crippen LogP contribution is 2.26. The zero-order valence-electron chi connectivity index (χ0n) is 11.7. The Morgan fingerprint density at radius 1 is 1.28 bits per heavy atom. The van der Waals surface area contributed by atoms with Crippen LogP contribution in [0.2, 0.25) is 0 Å². The maximum atomic E-state index is 4.68. The van der Waals surface area contributed by atoms with Gasteiger partial charge in [-0.15, -0.1) is 11.3 Å². The van der Waals surface area contributed by atoms with E-state index < -0.39 is 0 Å². The highest BCUT2D eigenvalue weighted by molar-refractivity contribution is 7.18. The molecule has 2 rings (SSSR count). The predicted octanol–water partition coefficient (Wildman–Crippen LogP) is 4.38. The normalized spacial score (nSPS) is 14.0. The fourth-order valence-electron chi connectivity index (χ4n) is 1.83. The third-order valence-electron chi connectivity index (χ3n) is 3.01. The topological polar surface area (TPSA) is 24.9 Å². The van der Waals surface area contributed by atoms with Crippen molar-refractivity contribution in [1.82, 2.24) is 10.3 Å². The molecule has 0 amide bonds. The molecule has 98 valence electrons. The average Bonchev–Trinajstić information content (AvgIpc) is 2.70. The van der Waals surface area contributed by atoms with Crippen molar-refractivity contribution in [1.29, 1.82) is 0 Å². The van der Waals surface area contributed by atoms with Gasteiger partial charge in [-0.1, -0.05) is 32.9 Å². The quantitative estimate of drug-likeness (QED) is 0.884. The van der Waals surface area contributed by atoms with Crippen LogP contribution in [0.3, 0.4) is 0 Å². The highest BCUT2D eigenvalue weighted by Gasteiger charge is 2.13. The SMILES string of the molecule is CC(NCCC(C)(C)C)c1nc2ccccc2s1. The Morgan fingerprint density at radius 3 is 2.67 bits per heavy atom. The van der Waals surface area contributed by atoms with Crippen molar-refractivity contribution < 1.29 is 0 Å². The van der Waals surface area contributed by atoms with Gasteiger partial charge in [-0.3, -0.25) is 0 Å². The Bertz CT molecular complexity index is 477. The summed E-state index contributed by atoms with van der Waals surface area (Å²) in [7, 11) is 0. The summed E-state index contributed by atoms with van der Waals surface area (Å²) in [6.45, 7) is 10.1. The maximum Gasteiger partial charge on any atom is 0.111 e. The number of hydrogen-bond acceptors (Lipinski definition) is 3. The molecule has 0 aliphatic rings. The van der Waals surface area contributed by atoms with E-state index in [1.54, 1.807) is 11.3 Å². The maximum absolute atomic E-state index is 4.68. The molecular formula is C15H22N2S. The van der Waals surface area contributed by atoms with E-state index >= 15 is 0 Å². The molecule has 1 aromatic heterocycles. The van der Waals surface area contributed by atoms with Crippen molar-refractivity contribution in [3.8, 4) is 0 Å². The summed E-state index contributed by atoms with van der Waals surface area (Å²) < 4.78 is 1.27. The number of nitrogens with zero attached hydrogens (tertiary/aromatic N) is 1. The molecule has 0 spiro atoms. The molecule has 0 saturated heterocycles. The molecule has 2 aromatic rings. The molecule has 1 aromatic carbocycles. The minimum atomic E-state index is 0.338. The number of benzene rings is 1. The van der Waals surface area contributed by atoms with Gasteiger partial charge in [0.1, 0.15) is 5.01 Å². The van der Waals surface area contributed by atoms with E-state index in [2.05, 4.69) is 56.2 Å². The Balaban J connectivity index is 1.98. The lowest BCUT2D eigenvalue weighted by atomic mass is 9.92. The molecule has 0 radical (unpaired) electrons. The van der Waals surface area contributed by atoms with Gasteiger partial charge in [-0.25, -0.2) is 4.98 Å². The smallest absolute Gasteiger partial charge is 0.111 e. The summed E-state index contributed by atoms with van der Waals surface area (Å²) >= 11 is 1.79. The first kappa shape index (κ1) is 13.5. The summed E-state index contributed by atoms with van der Waals surface area (Å²) in [5.41, 5.74) is 1.50. The van der Waals surface area contributed by atoms with Gasteiger partial charge in [-0.05, 0) is 37.4 Å². The third kappa shape index (κ3) is 3.53. The Labute approximate surface area is 113 Å². The monoisotopic (exact) mass is 262 g/mol. The molecule has 0 fully saturated rings. The number of aromatic nitrogens is 1. The molecule has 0 aliphatic heterocycles. The van der Waals surface area contributed by atoms with Gasteiger partial charge in [0.2, 0.25) is 0 Å². The number of fused-ring (bicyclic) bond motifs is 1. The standard InChI is InChI=1S/C15H22N2S/c1-11(16-10-9-15(2,3)4)14-17-12-7-5-6-8-13(12)18-14/h5-8,11,16H,9-10H2,1-4H3. The highest BCUT2D eigenvalue weighted by atomic mass is 32.1. The lowest BCUT2D eigenvalue weighted by Gasteiger charge is -2.19. The zero-order valence-corrected chi connectivity index (χ0v) is 12.5. The molecule has 18 heavy (non-hydrogen) atoms. The van der Waals surface area contributed by atoms with E-state index in [-0.39, 0.29) is 0 Å². The second-order valence-corrected chi connectivity index (χ2v) is 7.07. The second kappa shape index (κ2) is 5.37. The number of nitrogens with one attached hydrogen (secondary N) is 1. The van der Waals surface area contributed by atoms with Crippen molar-refractivity contribution in [3.63, 3.8) is 0 Å². The Morgan fingerprint density at radius 2 is 2.00 bits per heavy atom. The molecule has 1 N–H and O–H groups in total. The minimum absolute atomic E-state index is 0.338. The second-order valence-electron chi connectivity index (χ2n) is 6.01. The van der Waals surface area contributed by atoms with Crippen molar-refractivity contribution >= 4 is 21.6 Å². The van der Waals surface area contributed by atoms with Crippen molar-refractivity contribution in [3.05, 3.63) is 29.3 Å². The van der Waals surface area contributed by atoms with Gasteiger partial charge >= 0.3 is 0 Å². The predicted molar refractivity (Wildman–Crippen MR) is 80.1 cm³/mol. The van der Waals surface area contributed by atoms with Crippen molar-refractivity contribution in [2.45, 2.75) is 40.2 Å². The zero-order chi connectivity index (χ0) is 13.2. The van der Waals surface area contributed by atoms with Gasteiger partial charge in [0.05, 0.1) is 16.3 Å². The summed E-state index contributed by atoms with van der Waals surface area (Å²) in [5.74, 6) is 0. The number of para-hydroxylation sites is 1. The van der Waals surface area contributed by atoms with E-state index in [1.807, 2.05) is 6.07 Å². The molecule has 1 heterocycles. The van der Waals surface area contributed by atoms with Crippen LogP contribution < -0.4 is 5.32 Å². The summed E-state index contributed by atoms with van der Waals surface area (Å²) in [6, 6.07) is 8.67. The van der Waals surface area contributed by atoms with E-state index in [1.165, 1.54) is 16.1 Å². The Hall–Kier alpha value is -0.930. The summed E-state index contributed by atoms with van der Waals surface area (Å²) in [5, 5.41) is 4.75. The van der Waals surface area contributed by atoms with E-state index in [0.717, 1.165) is 12.1 Å². The van der Waals surface area contributed by atoms with Gasteiger partial charge in [-0.2, -0.15) is 0 Å². The van der Waals surface area contributed by atoms with Gasteiger partial charge in [0.15, 0.2) is 0 Å². The molecule has 2 nitrogen and oxygen atoms in total. The summed E-state index contributed by atoms with van der Waals surface area (Å²) in [6.07, 6.45) is 1.18. The first-order valence-corrected chi connectivity index (χ1v) is 7.36. The van der Waals surface area contributed by atoms with E-state index in [0.29, 0.717) is 11.5 Å². The molecule has 1 unspecified atom stereocenters. The molecular weight excluding hydrogens is 240 g/mol. The third-order valence-corrected chi connectivity index (χ3v) is 4.23. The Kier molecular flexibility index (Phi) is 4.03. The van der Waals surface area contributed by atoms with Gasteiger partial charge < -0.3 is 5.32 Å². The van der Waals surface area contributed by atoms with Crippen LogP contribution in [0.15, 0.2) is 24.3 Å². The number of hydrogen-bond donors (Lipinski definition) is 1. The lowest BCUT2D eigenvalue weighted by Crippen LogP contribution is -2.23. The first-order chi connectivity index (χ1) is 8.46. The van der Waals surface area contributed by atoms with Crippen LogP contribution >= 0.6 is 11.3 Å². The largest absolute Gasteiger partial charge is 0.308 e. The fourth-order valence-corrected chi connectivity index (χ4v) is 2.82. The van der Waals surface area contributed by atoms with Crippen LogP contribution in [0.5, 0.6) is 0 Å². The molecule has 0 saturated carbocycles. The fraction of sp³-hybridized carbons (Fsp3) is 0.533. The van der Waals surface area contributed by atoms with Crippen LogP contribution in [0.25, 0.3) is 10.2 Å². The molecule has 0 bridgehead atoms. The minimum Gasteiger partial charge on any atom is -0.308 e. The van der Waals surface area contributed by atoms with Crippen molar-refractivity contribution in [2.75, 3.05) is 6.54 Å². The summed E-state index contributed by atoms with van der Waals surface area (Å²) in [4.78, 5) is 4.68. The van der Waals surface area contributed by atoms with Crippen LogP contribution in [0, 0.1) is 5.41 Å². The van der Waals surface area contributed by atoms with Crippen LogP contribution in [-0.2, 0) is 0 Å². The van der Waals surface area contributed by atoms with Crippen LogP contribution in [-0.4, -0.2) is 11.5 Å². The lowest BCUT2D eigenvalue weighted by molar-refractivity contribution is 0.358. The first-order valence-electron chi connectivity index (χ1n) is 6.54. The van der Waals surface area contributed by atoms with E-state index in [9.17, 15) is 0 Å². The average molecular weight is 262 g/mol.